The van der Waals surface area contributed by atoms with Gasteiger partial charge in [0.2, 0.25) is 11.8 Å². The second-order valence-corrected chi connectivity index (χ2v) is 15.5. The third-order valence-electron chi connectivity index (χ3n) is 7.32. The number of anilines is 1. The van der Waals surface area contributed by atoms with E-state index in [0.29, 0.717) is 42.9 Å². The van der Waals surface area contributed by atoms with Crippen molar-refractivity contribution in [2.45, 2.75) is 95.3 Å². The molecule has 2 saturated heterocycles. The molecule has 11 nitrogen and oxygen atoms in total. The molecule has 1 unspecified atom stereocenters. The number of amides is 3. The number of hydrogen-bond donors (Lipinski definition) is 3. The first-order chi connectivity index (χ1) is 20.3. The van der Waals surface area contributed by atoms with Gasteiger partial charge in [0.15, 0.2) is 16.1 Å². The molecule has 1 aromatic heterocycles. The van der Waals surface area contributed by atoms with Gasteiger partial charge in [-0.05, 0) is 83.2 Å². The van der Waals surface area contributed by atoms with Crippen LogP contribution in [-0.2, 0) is 38.5 Å². The van der Waals surface area contributed by atoms with Gasteiger partial charge in [-0.3, -0.25) is 9.59 Å². The van der Waals surface area contributed by atoms with Crippen LogP contribution in [0.15, 0.2) is 36.4 Å². The number of thiophene rings is 1. The lowest BCUT2D eigenvalue weighted by atomic mass is 9.94. The van der Waals surface area contributed by atoms with Gasteiger partial charge in [0, 0.05) is 28.5 Å². The van der Waals surface area contributed by atoms with E-state index in [-0.39, 0.29) is 12.2 Å². The van der Waals surface area contributed by atoms with Crippen molar-refractivity contribution < 1.29 is 37.1 Å². The lowest BCUT2D eigenvalue weighted by molar-refractivity contribution is -0.200. The average molecular weight is 636 g/mol. The van der Waals surface area contributed by atoms with Crippen molar-refractivity contribution in [1.29, 1.82) is 0 Å². The van der Waals surface area contributed by atoms with Crippen molar-refractivity contribution in [3.05, 3.63) is 41.3 Å². The van der Waals surface area contributed by atoms with E-state index in [1.165, 1.54) is 11.3 Å². The van der Waals surface area contributed by atoms with Crippen molar-refractivity contribution >= 4 is 44.8 Å². The molecule has 2 aromatic rings. The molecule has 0 bridgehead atoms. The van der Waals surface area contributed by atoms with E-state index in [4.69, 9.17) is 14.3 Å². The molecule has 3 amide bonds. The van der Waals surface area contributed by atoms with E-state index < -0.39 is 50.4 Å². The summed E-state index contributed by atoms with van der Waals surface area (Å²) in [6, 6.07) is 9.91. The average Bonchev–Trinajstić information content (AvgIpc) is 3.44. The Balaban J connectivity index is 1.48. The highest BCUT2D eigenvalue weighted by atomic mass is 32.2. The zero-order valence-corrected chi connectivity index (χ0v) is 26.7. The Kier molecular flexibility index (Phi) is 10.5. The Labute approximate surface area is 256 Å². The van der Waals surface area contributed by atoms with Crippen LogP contribution < -0.4 is 16.1 Å². The van der Waals surface area contributed by atoms with Gasteiger partial charge in [-0.1, -0.05) is 18.6 Å². The largest absolute Gasteiger partial charge is 0.444 e. The van der Waals surface area contributed by atoms with Crippen LogP contribution in [0.3, 0.4) is 0 Å². The summed E-state index contributed by atoms with van der Waals surface area (Å²) in [5.41, 5.74) is 3.02. The minimum atomic E-state index is -3.64. The molecule has 236 valence electrons. The fraction of sp³-hybridized carbons (Fsp3) is 0.567. The van der Waals surface area contributed by atoms with Gasteiger partial charge in [0.05, 0.1) is 12.2 Å². The predicted molar refractivity (Wildman–Crippen MR) is 164 cm³/mol. The maximum atomic E-state index is 13.6. The van der Waals surface area contributed by atoms with Gasteiger partial charge in [-0.25, -0.2) is 23.5 Å². The maximum absolute atomic E-state index is 13.6. The summed E-state index contributed by atoms with van der Waals surface area (Å²) >= 11 is 1.32. The lowest BCUT2D eigenvalue weighted by Crippen LogP contribution is -2.45. The second-order valence-electron chi connectivity index (χ2n) is 12.0. The number of hydrogen-bond acceptors (Lipinski definition) is 9. The number of carbonyl (C=O) groups is 3. The Morgan fingerprint density at radius 3 is 2.60 bits per heavy atom. The zero-order chi connectivity index (χ0) is 31.3. The van der Waals surface area contributed by atoms with Crippen LogP contribution in [0.1, 0.15) is 77.5 Å². The number of alkyl carbamates (subject to hydrolysis) is 1. The molecule has 2 fully saturated rings. The molecule has 2 aliphatic heterocycles. The molecule has 13 heteroatoms. The Bertz CT molecular complexity index is 1410. The summed E-state index contributed by atoms with van der Waals surface area (Å²) in [7, 11) is -3.64. The van der Waals surface area contributed by atoms with E-state index in [1.54, 1.807) is 52.0 Å². The molecule has 4 rings (SSSR count). The number of ether oxygens (including phenoxy) is 2. The van der Waals surface area contributed by atoms with Gasteiger partial charge < -0.3 is 20.1 Å². The van der Waals surface area contributed by atoms with Crippen LogP contribution in [0.4, 0.5) is 10.5 Å². The van der Waals surface area contributed by atoms with Crippen LogP contribution in [0.2, 0.25) is 0 Å². The highest BCUT2D eigenvalue weighted by molar-refractivity contribution is 7.92. The van der Waals surface area contributed by atoms with Gasteiger partial charge >= 0.3 is 6.09 Å². The summed E-state index contributed by atoms with van der Waals surface area (Å²) in [5.74, 6) is -0.917. The smallest absolute Gasteiger partial charge is 0.408 e. The van der Waals surface area contributed by atoms with E-state index in [9.17, 15) is 22.8 Å². The number of rotatable bonds is 9. The van der Waals surface area contributed by atoms with Crippen LogP contribution in [0.25, 0.3) is 10.4 Å². The van der Waals surface area contributed by atoms with Gasteiger partial charge in [0.1, 0.15) is 16.4 Å². The molecular formula is C30H41N3O8S2. The summed E-state index contributed by atoms with van der Waals surface area (Å²) in [6.07, 6.45) is 2.64. The molecule has 2 aliphatic rings. The Morgan fingerprint density at radius 1 is 1.12 bits per heavy atom. The predicted octanol–water partition coefficient (Wildman–Crippen LogP) is 5.03. The molecule has 1 aromatic carbocycles. The van der Waals surface area contributed by atoms with E-state index in [1.807, 2.05) is 12.1 Å². The standard InChI is InChI=1S/C30H41N3O8S2/c1-20(31-28(36)40-29(2,3)4)27(35)32-22-11-9-10-21(18-22)23-13-14-24(42-23)30(15-6-8-17-43(30,37)38)19-25(34)33-41-26-12-5-7-16-39-26/h9-11,13-14,18,20,26H,5-8,12,15-17,19H2,1-4H3,(H,31,36)(H,32,35)(H,33,34)/t20-,26?,30-/m0/s1. The highest BCUT2D eigenvalue weighted by Crippen LogP contribution is 2.47. The first-order valence-corrected chi connectivity index (χ1v) is 17.0. The minimum absolute atomic E-state index is 0.0111. The fourth-order valence-corrected chi connectivity index (χ4v) is 8.91. The van der Waals surface area contributed by atoms with Crippen molar-refractivity contribution in [3.63, 3.8) is 0 Å². The van der Waals surface area contributed by atoms with Crippen LogP contribution >= 0.6 is 11.3 Å². The van der Waals surface area contributed by atoms with E-state index in [2.05, 4.69) is 16.1 Å². The van der Waals surface area contributed by atoms with Gasteiger partial charge in [0.25, 0.3) is 0 Å². The normalized spacial score (nSPS) is 22.7. The molecule has 3 heterocycles. The summed E-state index contributed by atoms with van der Waals surface area (Å²) in [6.45, 7) is 7.33. The van der Waals surface area contributed by atoms with Gasteiger partial charge in [-0.2, -0.15) is 0 Å². The van der Waals surface area contributed by atoms with Crippen LogP contribution in [-0.4, -0.2) is 56.6 Å². The molecular weight excluding hydrogens is 594 g/mol. The Morgan fingerprint density at radius 2 is 1.91 bits per heavy atom. The molecule has 0 aliphatic carbocycles. The van der Waals surface area contributed by atoms with Crippen LogP contribution in [0.5, 0.6) is 0 Å². The molecule has 0 saturated carbocycles. The van der Waals surface area contributed by atoms with Crippen molar-refractivity contribution in [1.82, 2.24) is 10.8 Å². The van der Waals surface area contributed by atoms with Crippen LogP contribution in [0, 0.1) is 0 Å². The molecule has 43 heavy (non-hydrogen) atoms. The highest BCUT2D eigenvalue weighted by Gasteiger charge is 2.49. The zero-order valence-electron chi connectivity index (χ0n) is 25.1. The molecule has 3 atom stereocenters. The maximum Gasteiger partial charge on any atom is 0.408 e. The second kappa shape index (κ2) is 13.7. The molecule has 3 N–H and O–H groups in total. The van der Waals surface area contributed by atoms with E-state index in [0.717, 1.165) is 23.3 Å². The fourth-order valence-electron chi connectivity index (χ4n) is 5.13. The lowest BCUT2D eigenvalue weighted by Gasteiger charge is -2.35. The SMILES string of the molecule is C[C@H](NC(=O)OC(C)(C)C)C(=O)Nc1cccc(-c2ccc([C@@]3(CC(=O)NOC4CCCCO4)CCCCS3(=O)=O)s2)c1. The molecule has 0 spiro atoms. The monoisotopic (exact) mass is 635 g/mol. The summed E-state index contributed by atoms with van der Waals surface area (Å²) in [4.78, 5) is 44.6. The van der Waals surface area contributed by atoms with Gasteiger partial charge in [-0.15, -0.1) is 11.3 Å². The van der Waals surface area contributed by atoms with E-state index >= 15 is 0 Å². The first kappa shape index (κ1) is 32.9. The third kappa shape index (κ3) is 8.55. The quantitative estimate of drug-likeness (QED) is 0.325. The molecule has 0 radical (unpaired) electrons. The number of hydroxylamine groups is 1. The first-order valence-electron chi connectivity index (χ1n) is 14.6. The summed E-state index contributed by atoms with van der Waals surface area (Å²) < 4.78 is 36.5. The summed E-state index contributed by atoms with van der Waals surface area (Å²) in [5, 5.41) is 5.32. The van der Waals surface area contributed by atoms with Crippen molar-refractivity contribution in [2.24, 2.45) is 0 Å². The Hall–Kier alpha value is -3.00. The van der Waals surface area contributed by atoms with Crippen molar-refractivity contribution in [3.8, 4) is 10.4 Å². The topological polar surface area (TPSA) is 149 Å². The van der Waals surface area contributed by atoms with Crippen molar-refractivity contribution in [2.75, 3.05) is 17.7 Å². The minimum Gasteiger partial charge on any atom is -0.444 e. The number of carbonyl (C=O) groups excluding carboxylic acids is 3. The number of sulfone groups is 1. The number of benzene rings is 1. The number of nitrogens with one attached hydrogen (secondary N) is 3. The third-order valence-corrected chi connectivity index (χ3v) is 11.4.